The normalized spacial score (nSPS) is 11.2. The molecule has 0 saturated heterocycles. The van der Waals surface area contributed by atoms with Crippen molar-refractivity contribution in [2.75, 3.05) is 11.1 Å². The van der Waals surface area contributed by atoms with Crippen molar-refractivity contribution < 1.29 is 9.18 Å². The van der Waals surface area contributed by atoms with Gasteiger partial charge in [-0.3, -0.25) is 14.2 Å². The quantitative estimate of drug-likeness (QED) is 0.262. The van der Waals surface area contributed by atoms with Gasteiger partial charge in [-0.1, -0.05) is 47.6 Å². The number of para-hydroxylation sites is 1. The lowest BCUT2D eigenvalue weighted by Crippen LogP contribution is -2.23. The summed E-state index contributed by atoms with van der Waals surface area (Å²) in [6, 6.07) is 19.9. The highest BCUT2D eigenvalue weighted by Gasteiger charge is 2.18. The molecule has 6 nitrogen and oxygen atoms in total. The predicted octanol–water partition coefficient (Wildman–Crippen LogP) is 5.39. The molecule has 2 N–H and O–H groups in total. The number of hydrogen-bond donors (Lipinski definition) is 2. The summed E-state index contributed by atoms with van der Waals surface area (Å²) in [4.78, 5) is 33.9. The van der Waals surface area contributed by atoms with Gasteiger partial charge in [0.1, 0.15) is 16.9 Å². The standard InChI is InChI=1S/C24H16ClFN4O2S/c25-14-4-3-5-17(12-14)30-23(32)22-21(18-6-1-2-7-19(18)28-22)29-24(30)33-13-20(31)27-16-10-8-15(26)9-11-16/h1-12,28H,13H2,(H,27,31). The van der Waals surface area contributed by atoms with E-state index in [4.69, 9.17) is 16.6 Å². The number of carbonyl (C=O) groups excluding carboxylic acids is 1. The third-order valence-electron chi connectivity index (χ3n) is 5.02. The summed E-state index contributed by atoms with van der Waals surface area (Å²) in [7, 11) is 0. The zero-order chi connectivity index (χ0) is 22.9. The maximum absolute atomic E-state index is 13.5. The van der Waals surface area contributed by atoms with Gasteiger partial charge in [0.25, 0.3) is 5.56 Å². The molecule has 9 heteroatoms. The minimum absolute atomic E-state index is 0.00174. The minimum Gasteiger partial charge on any atom is -0.349 e. The fourth-order valence-electron chi connectivity index (χ4n) is 3.54. The highest BCUT2D eigenvalue weighted by Crippen LogP contribution is 2.27. The molecule has 0 aliphatic rings. The number of rotatable bonds is 5. The zero-order valence-corrected chi connectivity index (χ0v) is 18.6. The smallest absolute Gasteiger partial charge is 0.283 e. The van der Waals surface area contributed by atoms with Crippen LogP contribution >= 0.6 is 23.4 Å². The van der Waals surface area contributed by atoms with E-state index in [9.17, 15) is 14.0 Å². The van der Waals surface area contributed by atoms with Crippen LogP contribution in [0.15, 0.2) is 82.7 Å². The van der Waals surface area contributed by atoms with E-state index in [2.05, 4.69) is 10.3 Å². The van der Waals surface area contributed by atoms with Crippen LogP contribution in [0, 0.1) is 5.82 Å². The van der Waals surface area contributed by atoms with E-state index in [0.717, 1.165) is 22.7 Å². The number of aromatic amines is 1. The summed E-state index contributed by atoms with van der Waals surface area (Å²) in [5.74, 6) is -0.695. The molecule has 0 bridgehead atoms. The molecule has 2 aromatic heterocycles. The van der Waals surface area contributed by atoms with Gasteiger partial charge in [-0.05, 0) is 48.5 Å². The molecular formula is C24H16ClFN4O2S. The van der Waals surface area contributed by atoms with Crippen LogP contribution in [0.2, 0.25) is 5.02 Å². The second-order valence-electron chi connectivity index (χ2n) is 7.25. The topological polar surface area (TPSA) is 79.8 Å². The molecule has 33 heavy (non-hydrogen) atoms. The van der Waals surface area contributed by atoms with Gasteiger partial charge in [0.05, 0.1) is 11.4 Å². The summed E-state index contributed by atoms with van der Waals surface area (Å²) in [5.41, 5.74) is 2.44. The molecule has 0 atom stereocenters. The molecule has 5 rings (SSSR count). The van der Waals surface area contributed by atoms with Crippen molar-refractivity contribution in [3.63, 3.8) is 0 Å². The van der Waals surface area contributed by atoms with Gasteiger partial charge in [0.2, 0.25) is 5.91 Å². The average Bonchev–Trinajstić information content (AvgIpc) is 3.18. The first kappa shape index (κ1) is 21.2. The molecule has 1 amide bonds. The van der Waals surface area contributed by atoms with Crippen molar-refractivity contribution in [1.82, 2.24) is 14.5 Å². The number of nitrogens with zero attached hydrogens (tertiary/aromatic N) is 2. The maximum atomic E-state index is 13.5. The van der Waals surface area contributed by atoms with Crippen LogP contribution in [0.3, 0.4) is 0 Å². The Morgan fingerprint density at radius 1 is 1.09 bits per heavy atom. The number of carbonyl (C=O) groups is 1. The summed E-state index contributed by atoms with van der Waals surface area (Å²) in [5, 5.41) is 4.36. The first-order chi connectivity index (χ1) is 16.0. The lowest BCUT2D eigenvalue weighted by atomic mass is 10.2. The molecule has 0 aliphatic heterocycles. The summed E-state index contributed by atoms with van der Waals surface area (Å²) < 4.78 is 14.6. The Morgan fingerprint density at radius 3 is 2.67 bits per heavy atom. The first-order valence-corrected chi connectivity index (χ1v) is 11.3. The SMILES string of the molecule is O=C(CSc1nc2c([nH]c3ccccc32)c(=O)n1-c1cccc(Cl)c1)Nc1ccc(F)cc1. The van der Waals surface area contributed by atoms with E-state index in [1.54, 1.807) is 24.3 Å². The molecule has 0 aliphatic carbocycles. The summed E-state index contributed by atoms with van der Waals surface area (Å²) in [6.07, 6.45) is 0. The van der Waals surface area contributed by atoms with E-state index in [0.29, 0.717) is 32.6 Å². The largest absolute Gasteiger partial charge is 0.349 e. The summed E-state index contributed by atoms with van der Waals surface area (Å²) >= 11 is 7.30. The Labute approximate surface area is 196 Å². The van der Waals surface area contributed by atoms with Crippen molar-refractivity contribution in [1.29, 1.82) is 0 Å². The third-order valence-corrected chi connectivity index (χ3v) is 6.19. The Hall–Kier alpha value is -3.62. The Kier molecular flexibility index (Phi) is 5.62. The molecule has 5 aromatic rings. The number of anilines is 1. The highest BCUT2D eigenvalue weighted by molar-refractivity contribution is 7.99. The van der Waals surface area contributed by atoms with E-state index in [-0.39, 0.29) is 23.0 Å². The van der Waals surface area contributed by atoms with Crippen LogP contribution in [0.25, 0.3) is 27.6 Å². The molecular weight excluding hydrogens is 463 g/mol. The number of amides is 1. The van der Waals surface area contributed by atoms with E-state index in [1.807, 2.05) is 24.3 Å². The predicted molar refractivity (Wildman–Crippen MR) is 130 cm³/mol. The number of thioether (sulfide) groups is 1. The van der Waals surface area contributed by atoms with Crippen molar-refractivity contribution in [2.45, 2.75) is 5.16 Å². The number of fused-ring (bicyclic) bond motifs is 3. The molecule has 0 saturated carbocycles. The number of hydrogen-bond acceptors (Lipinski definition) is 4. The zero-order valence-electron chi connectivity index (χ0n) is 17.0. The van der Waals surface area contributed by atoms with Gasteiger partial charge in [-0.15, -0.1) is 0 Å². The van der Waals surface area contributed by atoms with Crippen molar-refractivity contribution >= 4 is 56.9 Å². The number of halogens is 2. The number of H-pyrrole nitrogens is 1. The van der Waals surface area contributed by atoms with Crippen LogP contribution in [0.1, 0.15) is 0 Å². The highest BCUT2D eigenvalue weighted by atomic mass is 35.5. The van der Waals surface area contributed by atoms with Crippen LogP contribution < -0.4 is 10.9 Å². The van der Waals surface area contributed by atoms with E-state index < -0.39 is 0 Å². The maximum Gasteiger partial charge on any atom is 0.283 e. The van der Waals surface area contributed by atoms with Crippen LogP contribution in [0.4, 0.5) is 10.1 Å². The third kappa shape index (κ3) is 4.22. The molecule has 0 fully saturated rings. The van der Waals surface area contributed by atoms with Gasteiger partial charge < -0.3 is 10.3 Å². The number of aromatic nitrogens is 3. The molecule has 3 aromatic carbocycles. The van der Waals surface area contributed by atoms with E-state index >= 15 is 0 Å². The number of nitrogens with one attached hydrogen (secondary N) is 2. The van der Waals surface area contributed by atoms with Crippen LogP contribution in [-0.2, 0) is 4.79 Å². The van der Waals surface area contributed by atoms with Crippen LogP contribution in [-0.4, -0.2) is 26.2 Å². The second kappa shape index (κ2) is 8.73. The van der Waals surface area contributed by atoms with Crippen molar-refractivity contribution in [2.24, 2.45) is 0 Å². The van der Waals surface area contributed by atoms with E-state index in [1.165, 1.54) is 28.8 Å². The Balaban J connectivity index is 1.56. The molecule has 164 valence electrons. The average molecular weight is 479 g/mol. The van der Waals surface area contributed by atoms with Gasteiger partial charge in [-0.2, -0.15) is 0 Å². The first-order valence-electron chi connectivity index (χ1n) is 9.97. The lowest BCUT2D eigenvalue weighted by Gasteiger charge is -2.12. The molecule has 0 spiro atoms. The molecule has 0 radical (unpaired) electrons. The van der Waals surface area contributed by atoms with Gasteiger partial charge in [0.15, 0.2) is 5.16 Å². The molecule has 0 unspecified atom stereocenters. The van der Waals surface area contributed by atoms with Gasteiger partial charge >= 0.3 is 0 Å². The van der Waals surface area contributed by atoms with Gasteiger partial charge in [-0.25, -0.2) is 9.37 Å². The molecule has 2 heterocycles. The fraction of sp³-hybridized carbons (Fsp3) is 0.0417. The summed E-state index contributed by atoms with van der Waals surface area (Å²) in [6.45, 7) is 0. The van der Waals surface area contributed by atoms with Crippen molar-refractivity contribution in [3.05, 3.63) is 94.0 Å². The minimum atomic E-state index is -0.385. The fourth-order valence-corrected chi connectivity index (χ4v) is 4.53. The Bertz CT molecular complexity index is 1560. The van der Waals surface area contributed by atoms with Gasteiger partial charge in [0, 0.05) is 21.6 Å². The monoisotopic (exact) mass is 478 g/mol. The van der Waals surface area contributed by atoms with Crippen molar-refractivity contribution in [3.8, 4) is 5.69 Å². The lowest BCUT2D eigenvalue weighted by molar-refractivity contribution is -0.113. The Morgan fingerprint density at radius 2 is 1.88 bits per heavy atom. The van der Waals surface area contributed by atoms with Crippen LogP contribution in [0.5, 0.6) is 0 Å². The number of benzene rings is 3. The second-order valence-corrected chi connectivity index (χ2v) is 8.63.